The molecule has 12 heteroatoms. The number of nitrogens with two attached hydrogens (primary N) is 1. The molecule has 0 heterocycles. The van der Waals surface area contributed by atoms with E-state index in [9.17, 15) is 18.0 Å². The molecular formula is C27H31F3N6O2S. The quantitative estimate of drug-likeness (QED) is 0.125. The van der Waals surface area contributed by atoms with Crippen LogP contribution in [-0.4, -0.2) is 52.5 Å². The van der Waals surface area contributed by atoms with Gasteiger partial charge >= 0.3 is 6.18 Å². The van der Waals surface area contributed by atoms with E-state index in [1.807, 2.05) is 12.1 Å². The zero-order chi connectivity index (χ0) is 29.2. The number of anilines is 1. The van der Waals surface area contributed by atoms with E-state index in [-0.39, 0.29) is 12.3 Å². The van der Waals surface area contributed by atoms with Gasteiger partial charge in [-0.25, -0.2) is 0 Å². The lowest BCUT2D eigenvalue weighted by atomic mass is 9.99. The Balaban J connectivity index is 2.17. The minimum Gasteiger partial charge on any atom is -0.396 e. The van der Waals surface area contributed by atoms with Crippen molar-refractivity contribution in [2.75, 3.05) is 18.6 Å². The van der Waals surface area contributed by atoms with Crippen LogP contribution in [0.25, 0.3) is 0 Å². The summed E-state index contributed by atoms with van der Waals surface area (Å²) < 4.78 is 40.4. The summed E-state index contributed by atoms with van der Waals surface area (Å²) >= 11 is 4.99. The number of alkyl halides is 3. The second-order valence-corrected chi connectivity index (χ2v) is 9.47. The van der Waals surface area contributed by atoms with E-state index in [0.29, 0.717) is 30.8 Å². The predicted octanol–water partition coefficient (Wildman–Crippen LogP) is 4.96. The van der Waals surface area contributed by atoms with E-state index in [2.05, 4.69) is 10.1 Å². The Bertz CT molecular complexity index is 1250. The molecule has 8 nitrogen and oxygen atoms in total. The molecule has 0 saturated heterocycles. The summed E-state index contributed by atoms with van der Waals surface area (Å²) in [6, 6.07) is 11.9. The van der Waals surface area contributed by atoms with E-state index in [4.69, 9.17) is 28.4 Å². The fourth-order valence-electron chi connectivity index (χ4n) is 3.59. The fourth-order valence-corrected chi connectivity index (χ4v) is 3.80. The molecule has 0 aliphatic rings. The molecule has 2 aromatic rings. The summed E-state index contributed by atoms with van der Waals surface area (Å²) in [6.45, 7) is 3.76. The van der Waals surface area contributed by atoms with Crippen molar-refractivity contribution in [3.8, 4) is 6.07 Å². The average Bonchev–Trinajstić information content (AvgIpc) is 2.91. The Morgan fingerprint density at radius 1 is 1.18 bits per heavy atom. The highest BCUT2D eigenvalue weighted by molar-refractivity contribution is 7.79. The van der Waals surface area contributed by atoms with Crippen LogP contribution in [0.15, 0.2) is 52.6 Å². The first-order valence-electron chi connectivity index (χ1n) is 12.0. The predicted molar refractivity (Wildman–Crippen MR) is 150 cm³/mol. The molecule has 0 aliphatic heterocycles. The number of halogens is 3. The number of aliphatic imine (C=N–C) groups is 1. The number of amides is 1. The number of thiocarbonyl (C=S) groups is 1. The molecule has 208 valence electrons. The van der Waals surface area contributed by atoms with Crippen LogP contribution in [0.5, 0.6) is 0 Å². The summed E-state index contributed by atoms with van der Waals surface area (Å²) in [4.78, 5) is 20.6. The summed E-state index contributed by atoms with van der Waals surface area (Å²) in [5.74, 6) is 4.86. The molecule has 3 N–H and O–H groups in total. The standard InChI is InChI=1S/C27H31F3N6O2S/c1-26(2,25(38)36(18-39)23-12-9-20(15-31)24(14-23)27(28,29)30)35(3)17-19-7-10-21(11-8-19)33-16-22(34-32)6-4-5-13-37/h7-12,14,16,18,37H,4-6,13,17,32H2,1-3H3/b33-16?,34-22-. The zero-order valence-electron chi connectivity index (χ0n) is 21.9. The van der Waals surface area contributed by atoms with Gasteiger partial charge in [-0.1, -0.05) is 24.4 Å². The van der Waals surface area contributed by atoms with E-state index >= 15 is 0 Å². The van der Waals surface area contributed by atoms with Crippen molar-refractivity contribution < 1.29 is 23.1 Å². The molecule has 0 radical (unpaired) electrons. The topological polar surface area (TPSA) is 118 Å². The monoisotopic (exact) mass is 560 g/mol. The van der Waals surface area contributed by atoms with Gasteiger partial charge in [0.1, 0.15) is 0 Å². The average molecular weight is 561 g/mol. The number of aliphatic hydroxyl groups is 1. The molecule has 0 aromatic heterocycles. The van der Waals surface area contributed by atoms with Crippen molar-refractivity contribution in [1.29, 1.82) is 5.26 Å². The van der Waals surface area contributed by atoms with Crippen molar-refractivity contribution in [2.45, 2.75) is 51.4 Å². The molecule has 0 aliphatic carbocycles. The highest BCUT2D eigenvalue weighted by Crippen LogP contribution is 2.35. The number of hydrogen-bond donors (Lipinski definition) is 2. The van der Waals surface area contributed by atoms with E-state index in [1.54, 1.807) is 44.1 Å². The lowest BCUT2D eigenvalue weighted by Crippen LogP contribution is -2.54. The highest BCUT2D eigenvalue weighted by atomic mass is 32.1. The van der Waals surface area contributed by atoms with Gasteiger partial charge in [-0.2, -0.15) is 23.5 Å². The van der Waals surface area contributed by atoms with Crippen LogP contribution < -0.4 is 10.7 Å². The first kappa shape index (κ1) is 31.6. The Morgan fingerprint density at radius 3 is 2.38 bits per heavy atom. The molecule has 0 bridgehead atoms. The zero-order valence-corrected chi connectivity index (χ0v) is 22.8. The summed E-state index contributed by atoms with van der Waals surface area (Å²) in [7, 11) is 1.72. The van der Waals surface area contributed by atoms with Crippen LogP contribution in [0, 0.1) is 11.3 Å². The van der Waals surface area contributed by atoms with Gasteiger partial charge < -0.3 is 10.9 Å². The van der Waals surface area contributed by atoms with Crippen LogP contribution >= 0.6 is 12.2 Å². The van der Waals surface area contributed by atoms with Crippen molar-refractivity contribution in [3.63, 3.8) is 0 Å². The maximum Gasteiger partial charge on any atom is 0.417 e. The molecule has 0 unspecified atom stereocenters. The third-order valence-corrected chi connectivity index (χ3v) is 6.45. The van der Waals surface area contributed by atoms with E-state index in [1.165, 1.54) is 12.1 Å². The van der Waals surface area contributed by atoms with Crippen LogP contribution in [0.1, 0.15) is 49.8 Å². The number of nitrogens with zero attached hydrogens (tertiary/aromatic N) is 5. The third kappa shape index (κ3) is 8.41. The van der Waals surface area contributed by atoms with Gasteiger partial charge in [0.25, 0.3) is 5.91 Å². The fraction of sp³-hybridized carbons (Fsp3) is 0.370. The van der Waals surface area contributed by atoms with Gasteiger partial charge in [0, 0.05) is 18.8 Å². The highest BCUT2D eigenvalue weighted by Gasteiger charge is 2.38. The number of nitriles is 1. The Labute approximate surface area is 231 Å². The number of unbranched alkanes of at least 4 members (excludes halogenated alkanes) is 1. The van der Waals surface area contributed by atoms with Crippen LogP contribution in [0.3, 0.4) is 0 Å². The smallest absolute Gasteiger partial charge is 0.396 e. The van der Waals surface area contributed by atoms with Gasteiger partial charge in [0.2, 0.25) is 0 Å². The van der Waals surface area contributed by atoms with Crippen molar-refractivity contribution in [2.24, 2.45) is 15.9 Å². The molecule has 0 fully saturated rings. The molecule has 0 saturated carbocycles. The third-order valence-electron chi connectivity index (χ3n) is 6.23. The number of benzene rings is 2. The molecule has 39 heavy (non-hydrogen) atoms. The van der Waals surface area contributed by atoms with Gasteiger partial charge in [0.15, 0.2) is 0 Å². The van der Waals surface area contributed by atoms with E-state index < -0.39 is 28.7 Å². The summed E-state index contributed by atoms with van der Waals surface area (Å²) in [5.41, 5.74) is 0.241. The first-order chi connectivity index (χ1) is 18.4. The van der Waals surface area contributed by atoms with E-state index in [0.717, 1.165) is 34.5 Å². The molecule has 0 atom stereocenters. The molecule has 1 amide bonds. The Morgan fingerprint density at radius 2 is 1.85 bits per heavy atom. The van der Waals surface area contributed by atoms with Gasteiger partial charge in [-0.3, -0.25) is 19.6 Å². The maximum absolute atomic E-state index is 13.5. The van der Waals surface area contributed by atoms with Gasteiger partial charge in [-0.05, 0) is 76.1 Å². The number of carbonyl (C=O) groups excluding carboxylic acids is 1. The van der Waals surface area contributed by atoms with Crippen molar-refractivity contribution in [1.82, 2.24) is 4.90 Å². The second-order valence-electron chi connectivity index (χ2n) is 9.26. The molecule has 2 aromatic carbocycles. The van der Waals surface area contributed by atoms with Crippen LogP contribution in [0.4, 0.5) is 24.5 Å². The van der Waals surface area contributed by atoms with Crippen molar-refractivity contribution >= 4 is 46.9 Å². The Hall–Kier alpha value is -3.66. The molecule has 2 rings (SSSR count). The van der Waals surface area contributed by atoms with Gasteiger partial charge in [0.05, 0.1) is 45.8 Å². The summed E-state index contributed by atoms with van der Waals surface area (Å²) in [5, 5.41) is 21.7. The number of carbonyl (C=O) groups is 1. The lowest BCUT2D eigenvalue weighted by molar-refractivity contribution is -0.137. The van der Waals surface area contributed by atoms with Crippen molar-refractivity contribution in [3.05, 3.63) is 59.2 Å². The number of likely N-dealkylation sites (N-methyl/N-ethyl adjacent to an activating group) is 1. The summed E-state index contributed by atoms with van der Waals surface area (Å²) in [6.07, 6.45) is -1.19. The lowest BCUT2D eigenvalue weighted by Gasteiger charge is -2.37. The van der Waals surface area contributed by atoms with Crippen LogP contribution in [0.2, 0.25) is 0 Å². The van der Waals surface area contributed by atoms with Gasteiger partial charge in [-0.15, -0.1) is 0 Å². The minimum atomic E-state index is -4.77. The minimum absolute atomic E-state index is 0.0817. The number of rotatable bonds is 12. The van der Waals surface area contributed by atoms with Crippen LogP contribution in [-0.2, 0) is 17.5 Å². The number of aliphatic hydroxyl groups excluding tert-OH is 1. The molecule has 0 spiro atoms. The Kier molecular flexibility index (Phi) is 11.3. The first-order valence-corrected chi connectivity index (χ1v) is 12.5. The number of hydrazone groups is 1. The SMILES string of the molecule is CN(Cc1ccc(N=C/C(CCCCO)=N\N)cc1)C(C)(C)C(=O)N(C=S)c1ccc(C#N)c(C(F)(F)F)c1. The maximum atomic E-state index is 13.5. The largest absolute Gasteiger partial charge is 0.417 e. The molecular weight excluding hydrogens is 529 g/mol. The number of hydrogen-bond acceptors (Lipinski definition) is 8. The normalized spacial score (nSPS) is 12.5. The second kappa shape index (κ2) is 13.9.